The second-order valence-electron chi connectivity index (χ2n) is 4.80. The van der Waals surface area contributed by atoms with E-state index in [2.05, 4.69) is 45.7 Å². The first-order valence-electron chi connectivity index (χ1n) is 5.85. The molecule has 0 aliphatic rings. The summed E-state index contributed by atoms with van der Waals surface area (Å²) >= 11 is 8.37. The molecule has 0 N–H and O–H groups in total. The minimum atomic E-state index is -0.249. The van der Waals surface area contributed by atoms with Gasteiger partial charge in [0, 0.05) is 28.3 Å². The Kier molecular flexibility index (Phi) is 4.37. The highest BCUT2D eigenvalue weighted by Gasteiger charge is 2.19. The van der Waals surface area contributed by atoms with Gasteiger partial charge in [-0.3, -0.25) is 13.9 Å². The molecule has 0 aromatic carbocycles. The minimum Gasteiger partial charge on any atom is -0.284 e. The van der Waals surface area contributed by atoms with Gasteiger partial charge < -0.3 is 0 Å². The molecule has 0 saturated carbocycles. The average molecular weight is 410 g/mol. The number of rotatable bonds is 3. The Morgan fingerprint density at radius 1 is 1.32 bits per heavy atom. The summed E-state index contributed by atoms with van der Waals surface area (Å²) in [4.78, 5) is 26.3. The number of alkyl halides is 1. The van der Waals surface area contributed by atoms with Gasteiger partial charge in [-0.25, -0.2) is 4.79 Å². The van der Waals surface area contributed by atoms with Crippen molar-refractivity contribution in [3.63, 3.8) is 0 Å². The first-order valence-corrected chi connectivity index (χ1v) is 8.58. The van der Waals surface area contributed by atoms with Crippen LogP contribution < -0.4 is 11.2 Å². The monoisotopic (exact) mass is 408 g/mol. The van der Waals surface area contributed by atoms with Crippen molar-refractivity contribution in [3.05, 3.63) is 30.2 Å². The van der Waals surface area contributed by atoms with Gasteiger partial charge in [-0.15, -0.1) is 11.3 Å². The van der Waals surface area contributed by atoms with Crippen LogP contribution in [0.2, 0.25) is 0 Å². The van der Waals surface area contributed by atoms with E-state index in [-0.39, 0.29) is 11.2 Å². The molecule has 104 valence electrons. The Labute approximate surface area is 131 Å². The van der Waals surface area contributed by atoms with Gasteiger partial charge in [0.25, 0.3) is 5.56 Å². The molecular formula is C12H14Br2N2O2S. The van der Waals surface area contributed by atoms with Crippen molar-refractivity contribution >= 4 is 53.4 Å². The van der Waals surface area contributed by atoms with E-state index in [0.717, 1.165) is 14.2 Å². The maximum absolute atomic E-state index is 12.3. The van der Waals surface area contributed by atoms with E-state index in [1.165, 1.54) is 23.0 Å². The lowest BCUT2D eigenvalue weighted by Crippen LogP contribution is -2.38. The summed E-state index contributed by atoms with van der Waals surface area (Å²) in [5, 5.41) is 1.26. The van der Waals surface area contributed by atoms with E-state index in [1.807, 2.05) is 0 Å². The van der Waals surface area contributed by atoms with Gasteiger partial charge >= 0.3 is 5.69 Å². The quantitative estimate of drug-likeness (QED) is 0.731. The minimum absolute atomic E-state index is 0.240. The maximum Gasteiger partial charge on any atom is 0.331 e. The van der Waals surface area contributed by atoms with Crippen LogP contribution in [0, 0.1) is 5.92 Å². The summed E-state index contributed by atoms with van der Waals surface area (Å²) in [6.45, 7) is 4.72. The van der Waals surface area contributed by atoms with E-state index < -0.39 is 0 Å². The second kappa shape index (κ2) is 5.54. The van der Waals surface area contributed by atoms with Gasteiger partial charge in [0.1, 0.15) is 4.83 Å². The summed E-state index contributed by atoms with van der Waals surface area (Å²) in [6.07, 6.45) is 0. The van der Waals surface area contributed by atoms with Crippen molar-refractivity contribution in [2.75, 3.05) is 0 Å². The van der Waals surface area contributed by atoms with Crippen LogP contribution in [0.1, 0.15) is 18.7 Å². The number of halogens is 2. The molecule has 0 unspecified atom stereocenters. The highest BCUT2D eigenvalue weighted by atomic mass is 79.9. The zero-order valence-corrected chi connectivity index (χ0v) is 14.9. The molecule has 2 heterocycles. The predicted molar refractivity (Wildman–Crippen MR) is 86.5 cm³/mol. The normalized spacial score (nSPS) is 11.7. The zero-order chi connectivity index (χ0) is 14.3. The SMILES string of the molecule is CC(C)Cn1c(=O)n(C)c(=O)c2c(Br)c(CBr)sc21. The van der Waals surface area contributed by atoms with Crippen LogP contribution in [0.3, 0.4) is 0 Å². The van der Waals surface area contributed by atoms with Crippen molar-refractivity contribution in [1.29, 1.82) is 0 Å². The maximum atomic E-state index is 12.3. The van der Waals surface area contributed by atoms with Crippen LogP contribution in [0.25, 0.3) is 10.2 Å². The van der Waals surface area contributed by atoms with Crippen molar-refractivity contribution in [2.45, 2.75) is 25.7 Å². The highest BCUT2D eigenvalue weighted by Crippen LogP contribution is 2.34. The highest BCUT2D eigenvalue weighted by molar-refractivity contribution is 9.11. The van der Waals surface area contributed by atoms with Gasteiger partial charge in [-0.1, -0.05) is 29.8 Å². The Morgan fingerprint density at radius 3 is 2.47 bits per heavy atom. The van der Waals surface area contributed by atoms with Crippen LogP contribution in [-0.2, 0) is 18.9 Å². The fraction of sp³-hybridized carbons (Fsp3) is 0.500. The van der Waals surface area contributed by atoms with Gasteiger partial charge in [-0.2, -0.15) is 0 Å². The molecule has 0 spiro atoms. The van der Waals surface area contributed by atoms with E-state index >= 15 is 0 Å². The first kappa shape index (κ1) is 15.0. The Bertz CT molecular complexity index is 743. The van der Waals surface area contributed by atoms with Gasteiger partial charge in [-0.05, 0) is 21.8 Å². The molecule has 7 heteroatoms. The Morgan fingerprint density at radius 2 is 1.95 bits per heavy atom. The lowest BCUT2D eigenvalue weighted by molar-refractivity contribution is 0.504. The molecule has 0 fully saturated rings. The fourth-order valence-electron chi connectivity index (χ4n) is 1.96. The summed E-state index contributed by atoms with van der Waals surface area (Å²) in [6, 6.07) is 0. The lowest BCUT2D eigenvalue weighted by Gasteiger charge is -2.11. The summed E-state index contributed by atoms with van der Waals surface area (Å²) in [5.41, 5.74) is -0.489. The molecule has 2 aromatic heterocycles. The van der Waals surface area contributed by atoms with Gasteiger partial charge in [0.05, 0.1) is 5.39 Å². The number of hydrogen-bond donors (Lipinski definition) is 0. The fourth-order valence-corrected chi connectivity index (χ4v) is 4.86. The number of hydrogen-bond acceptors (Lipinski definition) is 3. The third-order valence-electron chi connectivity index (χ3n) is 2.85. The van der Waals surface area contributed by atoms with Crippen LogP contribution in [-0.4, -0.2) is 9.13 Å². The predicted octanol–water partition coefficient (Wildman–Crippen LogP) is 3.08. The van der Waals surface area contributed by atoms with E-state index in [0.29, 0.717) is 23.2 Å². The van der Waals surface area contributed by atoms with E-state index in [1.54, 1.807) is 4.57 Å². The molecule has 2 rings (SSSR count). The van der Waals surface area contributed by atoms with Crippen LogP contribution in [0.4, 0.5) is 0 Å². The standard InChI is InChI=1S/C12H14Br2N2O2S/c1-6(2)5-16-11-8(9(14)7(4-13)19-11)10(17)15(3)12(16)18/h6H,4-5H2,1-3H3. The van der Waals surface area contributed by atoms with Crippen molar-refractivity contribution in [2.24, 2.45) is 13.0 Å². The number of aromatic nitrogens is 2. The molecule has 0 aliphatic carbocycles. The van der Waals surface area contributed by atoms with Crippen molar-refractivity contribution < 1.29 is 0 Å². The molecule has 0 amide bonds. The zero-order valence-electron chi connectivity index (χ0n) is 10.9. The van der Waals surface area contributed by atoms with E-state index in [4.69, 9.17) is 0 Å². The van der Waals surface area contributed by atoms with Crippen molar-refractivity contribution in [3.8, 4) is 0 Å². The lowest BCUT2D eigenvalue weighted by atomic mass is 10.2. The van der Waals surface area contributed by atoms with Crippen LogP contribution in [0.5, 0.6) is 0 Å². The molecular weight excluding hydrogens is 396 g/mol. The third-order valence-corrected chi connectivity index (χ3v) is 6.13. The second-order valence-corrected chi connectivity index (χ2v) is 7.24. The van der Waals surface area contributed by atoms with Gasteiger partial charge in [0.2, 0.25) is 0 Å². The van der Waals surface area contributed by atoms with Crippen LogP contribution >= 0.6 is 43.2 Å². The van der Waals surface area contributed by atoms with E-state index in [9.17, 15) is 9.59 Å². The Hall–Kier alpha value is -0.400. The molecule has 19 heavy (non-hydrogen) atoms. The largest absolute Gasteiger partial charge is 0.331 e. The smallest absolute Gasteiger partial charge is 0.284 e. The molecule has 0 saturated heterocycles. The summed E-state index contributed by atoms with van der Waals surface area (Å²) in [5.74, 6) is 0.340. The van der Waals surface area contributed by atoms with Crippen LogP contribution in [0.15, 0.2) is 14.1 Å². The molecule has 2 aromatic rings. The molecule has 0 radical (unpaired) electrons. The number of nitrogens with zero attached hydrogens (tertiary/aromatic N) is 2. The average Bonchev–Trinajstić information content (AvgIpc) is 2.69. The summed E-state index contributed by atoms with van der Waals surface area (Å²) < 4.78 is 3.67. The topological polar surface area (TPSA) is 44.0 Å². The molecule has 0 aliphatic heterocycles. The summed E-state index contributed by atoms with van der Waals surface area (Å²) in [7, 11) is 1.53. The number of thiophene rings is 1. The molecule has 0 bridgehead atoms. The third kappa shape index (κ3) is 2.48. The first-order chi connectivity index (χ1) is 8.88. The molecule has 4 nitrogen and oxygen atoms in total. The number of fused-ring (bicyclic) bond motifs is 1. The van der Waals surface area contributed by atoms with Crippen molar-refractivity contribution in [1.82, 2.24) is 9.13 Å². The van der Waals surface area contributed by atoms with Gasteiger partial charge in [0.15, 0.2) is 0 Å². The molecule has 0 atom stereocenters. The Balaban J connectivity index is 2.95.